The zero-order valence-corrected chi connectivity index (χ0v) is 12.8. The van der Waals surface area contributed by atoms with Crippen LogP contribution in [-0.4, -0.2) is 38.5 Å². The summed E-state index contributed by atoms with van der Waals surface area (Å²) in [5.74, 6) is 1.71. The van der Waals surface area contributed by atoms with Crippen LogP contribution in [-0.2, 0) is 10.2 Å². The molecule has 1 atom stereocenters. The highest BCUT2D eigenvalue weighted by atomic mass is 16.5. The third-order valence-corrected chi connectivity index (χ3v) is 4.81. The number of carbonyl (C=O) groups is 1. The maximum Gasteiger partial charge on any atom is 0.161 e. The van der Waals surface area contributed by atoms with Crippen LogP contribution in [0.1, 0.15) is 24.8 Å². The molecule has 1 aromatic carbocycles. The monoisotopic (exact) mass is 287 g/mol. The molecule has 0 unspecified atom stereocenters. The molecule has 0 radical (unpaired) electrons. The lowest BCUT2D eigenvalue weighted by Crippen LogP contribution is -2.32. The minimum atomic E-state index is -0.0534. The molecule has 0 N–H and O–H groups in total. The highest BCUT2D eigenvalue weighted by Gasteiger charge is 2.45. The molecule has 1 fully saturated rings. The number of methoxy groups -OCH3 is 2. The Balaban J connectivity index is 2.10. The predicted molar refractivity (Wildman–Crippen MR) is 80.8 cm³/mol. The van der Waals surface area contributed by atoms with Crippen molar-refractivity contribution in [2.45, 2.75) is 24.7 Å². The van der Waals surface area contributed by atoms with E-state index < -0.39 is 0 Å². The van der Waals surface area contributed by atoms with Gasteiger partial charge in [0.2, 0.25) is 0 Å². The van der Waals surface area contributed by atoms with Crippen molar-refractivity contribution in [3.05, 3.63) is 35.5 Å². The lowest BCUT2D eigenvalue weighted by Gasteiger charge is -2.35. The summed E-state index contributed by atoms with van der Waals surface area (Å²) in [4.78, 5) is 14.0. The Morgan fingerprint density at radius 1 is 1.14 bits per heavy atom. The van der Waals surface area contributed by atoms with E-state index in [2.05, 4.69) is 24.1 Å². The van der Waals surface area contributed by atoms with Gasteiger partial charge in [-0.1, -0.05) is 6.07 Å². The van der Waals surface area contributed by atoms with Gasteiger partial charge in [-0.05, 0) is 30.5 Å². The molecule has 0 spiro atoms. The SMILES string of the molecule is COc1ccc([C@@]23CCC(=O)C=C2N(C)CC3)cc1OC. The first-order chi connectivity index (χ1) is 10.1. The summed E-state index contributed by atoms with van der Waals surface area (Å²) in [6, 6.07) is 6.11. The number of carbonyl (C=O) groups excluding carboxylic acids is 1. The molecule has 0 amide bonds. The fraction of sp³-hybridized carbons (Fsp3) is 0.471. The summed E-state index contributed by atoms with van der Waals surface area (Å²) < 4.78 is 10.8. The van der Waals surface area contributed by atoms with Gasteiger partial charge in [-0.3, -0.25) is 4.79 Å². The highest BCUT2D eigenvalue weighted by Crippen LogP contribution is 2.49. The van der Waals surface area contributed by atoms with Gasteiger partial charge < -0.3 is 14.4 Å². The van der Waals surface area contributed by atoms with Gasteiger partial charge in [-0.25, -0.2) is 0 Å². The van der Waals surface area contributed by atoms with Crippen molar-refractivity contribution in [1.29, 1.82) is 0 Å². The average molecular weight is 287 g/mol. The molecule has 3 rings (SSSR count). The number of allylic oxidation sites excluding steroid dienone is 2. The number of benzene rings is 1. The molecule has 1 aliphatic carbocycles. The van der Waals surface area contributed by atoms with Gasteiger partial charge in [-0.2, -0.15) is 0 Å². The fourth-order valence-corrected chi connectivity index (χ4v) is 3.61. The molecule has 4 heteroatoms. The van der Waals surface area contributed by atoms with E-state index in [1.54, 1.807) is 14.2 Å². The fourth-order valence-electron chi connectivity index (χ4n) is 3.61. The van der Waals surface area contributed by atoms with Crippen molar-refractivity contribution in [3.8, 4) is 11.5 Å². The second-order valence-electron chi connectivity index (χ2n) is 5.82. The Morgan fingerprint density at radius 2 is 1.90 bits per heavy atom. The summed E-state index contributed by atoms with van der Waals surface area (Å²) in [5.41, 5.74) is 2.30. The highest BCUT2D eigenvalue weighted by molar-refractivity contribution is 5.92. The van der Waals surface area contributed by atoms with Gasteiger partial charge in [0.15, 0.2) is 17.3 Å². The van der Waals surface area contributed by atoms with Gasteiger partial charge in [0.05, 0.1) is 14.2 Å². The lowest BCUT2D eigenvalue weighted by molar-refractivity contribution is -0.115. The van der Waals surface area contributed by atoms with Crippen LogP contribution in [0.5, 0.6) is 11.5 Å². The quantitative estimate of drug-likeness (QED) is 0.856. The Bertz CT molecular complexity index is 608. The molecular weight excluding hydrogens is 266 g/mol. The lowest BCUT2D eigenvalue weighted by atomic mass is 9.70. The number of hydrogen-bond donors (Lipinski definition) is 0. The third-order valence-electron chi connectivity index (χ3n) is 4.81. The molecule has 0 bridgehead atoms. The Morgan fingerprint density at radius 3 is 2.62 bits per heavy atom. The molecule has 112 valence electrons. The van der Waals surface area contributed by atoms with Crippen LogP contribution in [0, 0.1) is 0 Å². The number of hydrogen-bond acceptors (Lipinski definition) is 4. The van der Waals surface area contributed by atoms with Gasteiger partial charge in [0.1, 0.15) is 0 Å². The van der Waals surface area contributed by atoms with Crippen molar-refractivity contribution < 1.29 is 14.3 Å². The van der Waals surface area contributed by atoms with E-state index in [1.807, 2.05) is 12.1 Å². The molecule has 21 heavy (non-hydrogen) atoms. The average Bonchev–Trinajstić information content (AvgIpc) is 2.85. The Kier molecular flexibility index (Phi) is 3.40. The number of nitrogens with zero attached hydrogens (tertiary/aromatic N) is 1. The van der Waals surface area contributed by atoms with Crippen molar-refractivity contribution in [2.75, 3.05) is 27.8 Å². The molecule has 0 saturated carbocycles. The maximum atomic E-state index is 11.8. The molecule has 1 heterocycles. The Labute approximate surface area is 125 Å². The first kappa shape index (κ1) is 14.0. The van der Waals surface area contributed by atoms with Crippen LogP contribution in [0.2, 0.25) is 0 Å². The molecule has 4 nitrogen and oxygen atoms in total. The Hall–Kier alpha value is -1.97. The molecule has 1 saturated heterocycles. The minimum absolute atomic E-state index is 0.0534. The molecule has 1 aromatic rings. The molecule has 1 aliphatic heterocycles. The molecule has 0 aromatic heterocycles. The normalized spacial score (nSPS) is 24.6. The standard InChI is InChI=1S/C17H21NO3/c1-18-9-8-17(7-6-13(19)11-16(17)18)12-4-5-14(20-2)15(10-12)21-3/h4-5,10-11H,6-9H2,1-3H3/t17-/m0/s1. The van der Waals surface area contributed by atoms with Crippen LogP contribution >= 0.6 is 0 Å². The number of ketones is 1. The number of rotatable bonds is 3. The third kappa shape index (κ3) is 2.09. The van der Waals surface area contributed by atoms with E-state index in [1.165, 1.54) is 5.56 Å². The first-order valence-electron chi connectivity index (χ1n) is 7.29. The smallest absolute Gasteiger partial charge is 0.161 e. The topological polar surface area (TPSA) is 38.8 Å². The van der Waals surface area contributed by atoms with E-state index in [0.717, 1.165) is 36.6 Å². The molecule has 2 aliphatic rings. The van der Waals surface area contributed by atoms with Crippen LogP contribution in [0.4, 0.5) is 0 Å². The number of likely N-dealkylation sites (N-methyl/N-ethyl adjacent to an activating group) is 1. The van der Waals surface area contributed by atoms with E-state index in [4.69, 9.17) is 9.47 Å². The van der Waals surface area contributed by atoms with Crippen molar-refractivity contribution in [3.63, 3.8) is 0 Å². The zero-order chi connectivity index (χ0) is 15.0. The van der Waals surface area contributed by atoms with Crippen LogP contribution in [0.15, 0.2) is 30.0 Å². The number of likely N-dealkylation sites (tertiary alicyclic amines) is 1. The van der Waals surface area contributed by atoms with Gasteiger partial charge in [0.25, 0.3) is 0 Å². The first-order valence-corrected chi connectivity index (χ1v) is 7.29. The van der Waals surface area contributed by atoms with Crippen LogP contribution < -0.4 is 9.47 Å². The summed E-state index contributed by atoms with van der Waals surface area (Å²) in [6.07, 6.45) is 4.36. The summed E-state index contributed by atoms with van der Waals surface area (Å²) in [6.45, 7) is 0.980. The number of ether oxygens (including phenoxy) is 2. The zero-order valence-electron chi connectivity index (χ0n) is 12.8. The van der Waals surface area contributed by atoms with E-state index in [-0.39, 0.29) is 11.2 Å². The van der Waals surface area contributed by atoms with Crippen molar-refractivity contribution >= 4 is 5.78 Å². The molecular formula is C17H21NO3. The number of fused-ring (bicyclic) bond motifs is 1. The van der Waals surface area contributed by atoms with Gasteiger partial charge in [0, 0.05) is 37.2 Å². The minimum Gasteiger partial charge on any atom is -0.493 e. The van der Waals surface area contributed by atoms with Crippen LogP contribution in [0.3, 0.4) is 0 Å². The predicted octanol–water partition coefficient (Wildman–Crippen LogP) is 2.52. The second kappa shape index (κ2) is 5.10. The van der Waals surface area contributed by atoms with E-state index in [0.29, 0.717) is 6.42 Å². The van der Waals surface area contributed by atoms with Crippen molar-refractivity contribution in [1.82, 2.24) is 4.90 Å². The van der Waals surface area contributed by atoms with Crippen LogP contribution in [0.25, 0.3) is 0 Å². The summed E-state index contributed by atoms with van der Waals surface area (Å²) in [5, 5.41) is 0. The van der Waals surface area contributed by atoms with Gasteiger partial charge in [-0.15, -0.1) is 0 Å². The van der Waals surface area contributed by atoms with Crippen molar-refractivity contribution in [2.24, 2.45) is 0 Å². The second-order valence-corrected chi connectivity index (χ2v) is 5.82. The maximum absolute atomic E-state index is 11.8. The van der Waals surface area contributed by atoms with Gasteiger partial charge >= 0.3 is 0 Å². The summed E-state index contributed by atoms with van der Waals surface area (Å²) in [7, 11) is 5.36. The van der Waals surface area contributed by atoms with E-state index in [9.17, 15) is 4.79 Å². The largest absolute Gasteiger partial charge is 0.493 e. The van der Waals surface area contributed by atoms with E-state index >= 15 is 0 Å². The summed E-state index contributed by atoms with van der Waals surface area (Å²) >= 11 is 0.